The molecule has 4 amide bonds. The molecule has 2 aliphatic heterocycles. The number of aliphatic hydroxyl groups is 1. The van der Waals surface area contributed by atoms with E-state index in [-0.39, 0.29) is 31.4 Å². The van der Waals surface area contributed by atoms with Gasteiger partial charge in [0.25, 0.3) is 0 Å². The van der Waals surface area contributed by atoms with Crippen LogP contribution >= 0.6 is 0 Å². The number of imide groups is 1. The Morgan fingerprint density at radius 1 is 1.07 bits per heavy atom. The van der Waals surface area contributed by atoms with E-state index in [1.54, 1.807) is 31.2 Å². The number of carbonyl (C=O) groups is 2. The van der Waals surface area contributed by atoms with Gasteiger partial charge in [-0.3, -0.25) is 9.80 Å². The van der Waals surface area contributed by atoms with Gasteiger partial charge in [0.05, 0.1) is 36.0 Å². The average molecular weight is 618 g/mol. The van der Waals surface area contributed by atoms with Crippen molar-refractivity contribution in [2.24, 2.45) is 0 Å². The first kappa shape index (κ1) is 31.8. The van der Waals surface area contributed by atoms with Crippen LogP contribution < -0.4 is 10.2 Å². The number of amides is 4. The Morgan fingerprint density at radius 2 is 1.80 bits per heavy atom. The zero-order valence-electron chi connectivity index (χ0n) is 24.8. The minimum absolute atomic E-state index is 0.0118. The second kappa shape index (κ2) is 13.5. The Morgan fingerprint density at radius 3 is 2.49 bits per heavy atom. The maximum atomic E-state index is 13.9. The number of anilines is 1. The van der Waals surface area contributed by atoms with E-state index >= 15 is 0 Å². The summed E-state index contributed by atoms with van der Waals surface area (Å²) in [5, 5.41) is 21.6. The summed E-state index contributed by atoms with van der Waals surface area (Å²) in [7, 11) is 0. The summed E-state index contributed by atoms with van der Waals surface area (Å²) in [5.41, 5.74) is 2.83. The van der Waals surface area contributed by atoms with Gasteiger partial charge in [0.1, 0.15) is 0 Å². The molecule has 234 valence electrons. The summed E-state index contributed by atoms with van der Waals surface area (Å²) in [6.07, 6.45) is -2.09. The number of nitrogens with zero attached hydrogens (tertiary/aromatic N) is 4. The molecule has 8 nitrogen and oxygen atoms in total. The highest BCUT2D eigenvalue weighted by atomic mass is 19.4. The quantitative estimate of drug-likeness (QED) is 0.282. The van der Waals surface area contributed by atoms with Crippen LogP contribution in [0, 0.1) is 11.3 Å². The molecule has 2 aliphatic rings. The van der Waals surface area contributed by atoms with Crippen molar-refractivity contribution >= 4 is 23.3 Å². The number of nitrogens with one attached hydrogen (secondary N) is 1. The van der Waals surface area contributed by atoms with Gasteiger partial charge in [0, 0.05) is 24.8 Å². The Labute approximate surface area is 260 Å². The monoisotopic (exact) mass is 617 g/mol. The largest absolute Gasteiger partial charge is 0.416 e. The number of aliphatic hydroxyl groups excluding tert-OH is 1. The summed E-state index contributed by atoms with van der Waals surface area (Å²) in [6, 6.07) is 19.7. The fraction of sp³-hybridized carbons (Fsp3) is 0.324. The lowest BCUT2D eigenvalue weighted by Gasteiger charge is -2.37. The van der Waals surface area contributed by atoms with Gasteiger partial charge in [-0.15, -0.1) is 0 Å². The van der Waals surface area contributed by atoms with Crippen molar-refractivity contribution in [3.05, 3.63) is 95.2 Å². The Hall–Kier alpha value is -4.66. The molecule has 1 unspecified atom stereocenters. The summed E-state index contributed by atoms with van der Waals surface area (Å²) in [5.74, 6) is 0. The fourth-order valence-corrected chi connectivity index (χ4v) is 5.99. The third kappa shape index (κ3) is 6.87. The van der Waals surface area contributed by atoms with Gasteiger partial charge in [-0.25, -0.2) is 14.5 Å². The molecule has 3 aromatic carbocycles. The molecule has 1 atom stereocenters. The number of allylic oxidation sites excluding steroid dienone is 1. The molecule has 0 radical (unpaired) electrons. The van der Waals surface area contributed by atoms with Crippen LogP contribution in [0.3, 0.4) is 0 Å². The van der Waals surface area contributed by atoms with Crippen molar-refractivity contribution in [2.45, 2.75) is 38.4 Å². The smallest absolute Gasteiger partial charge is 0.395 e. The van der Waals surface area contributed by atoms with Crippen LogP contribution in [0.1, 0.15) is 42.9 Å². The highest BCUT2D eigenvalue weighted by Crippen LogP contribution is 2.38. The molecule has 0 aliphatic carbocycles. The van der Waals surface area contributed by atoms with Crippen molar-refractivity contribution in [1.82, 2.24) is 15.1 Å². The van der Waals surface area contributed by atoms with Gasteiger partial charge in [-0.2, -0.15) is 18.4 Å². The van der Waals surface area contributed by atoms with E-state index < -0.39 is 23.8 Å². The molecule has 11 heteroatoms. The number of nitriles is 1. The van der Waals surface area contributed by atoms with E-state index in [1.807, 2.05) is 24.3 Å². The van der Waals surface area contributed by atoms with Gasteiger partial charge >= 0.3 is 18.2 Å². The fourth-order valence-electron chi connectivity index (χ4n) is 5.99. The molecule has 0 bridgehead atoms. The number of halogens is 3. The van der Waals surface area contributed by atoms with E-state index in [1.165, 1.54) is 12.1 Å². The topological polar surface area (TPSA) is 99.9 Å². The van der Waals surface area contributed by atoms with Crippen LogP contribution in [-0.4, -0.2) is 65.8 Å². The number of rotatable bonds is 8. The van der Waals surface area contributed by atoms with Gasteiger partial charge in [0.15, 0.2) is 0 Å². The van der Waals surface area contributed by atoms with Crippen molar-refractivity contribution in [3.63, 3.8) is 0 Å². The molecule has 0 spiro atoms. The zero-order valence-corrected chi connectivity index (χ0v) is 24.8. The maximum absolute atomic E-state index is 13.9. The maximum Gasteiger partial charge on any atom is 0.416 e. The summed E-state index contributed by atoms with van der Waals surface area (Å²) >= 11 is 0. The number of benzene rings is 3. The molecule has 2 N–H and O–H groups in total. The first-order valence-corrected chi connectivity index (χ1v) is 14.8. The minimum atomic E-state index is -4.63. The Bertz CT molecular complexity index is 1630. The lowest BCUT2D eigenvalue weighted by Crippen LogP contribution is -2.53. The van der Waals surface area contributed by atoms with Gasteiger partial charge in [0.2, 0.25) is 0 Å². The summed E-state index contributed by atoms with van der Waals surface area (Å²) in [4.78, 5) is 31.7. The molecule has 3 aromatic rings. The number of alkyl halides is 3. The van der Waals surface area contributed by atoms with Crippen molar-refractivity contribution in [2.75, 3.05) is 37.7 Å². The van der Waals surface area contributed by atoms with Crippen LogP contribution in [0.15, 0.2) is 78.5 Å². The standard InChI is InChI=1S/C34H34F3N5O3/c1-23-31(30-11-3-2-10-29(30)25-14-12-24(20-38)13-15-25)21-41(32(44)39-16-6-18-40-17-5-9-28(40)22-43)33(45)42(23)27-8-4-7-26(19-27)34(35,36)37/h2-4,7-8,10-15,19,28,43H,5-6,9,16-18,21-22H2,1H3,(H,39,44). The van der Waals surface area contributed by atoms with Crippen molar-refractivity contribution < 1.29 is 27.9 Å². The Balaban J connectivity index is 1.49. The second-order valence-electron chi connectivity index (χ2n) is 11.2. The van der Waals surface area contributed by atoms with Crippen molar-refractivity contribution in [1.29, 1.82) is 5.26 Å². The minimum Gasteiger partial charge on any atom is -0.395 e. The molecular weight excluding hydrogens is 583 g/mol. The van der Waals surface area contributed by atoms with Crippen LogP contribution in [0.25, 0.3) is 16.7 Å². The van der Waals surface area contributed by atoms with E-state index in [9.17, 15) is 33.1 Å². The molecule has 45 heavy (non-hydrogen) atoms. The number of urea groups is 2. The van der Waals surface area contributed by atoms with Gasteiger partial charge in [-0.1, -0.05) is 42.5 Å². The van der Waals surface area contributed by atoms with E-state index in [0.29, 0.717) is 35.4 Å². The molecule has 2 heterocycles. The highest BCUT2D eigenvalue weighted by Gasteiger charge is 2.38. The van der Waals surface area contributed by atoms with E-state index in [4.69, 9.17) is 0 Å². The number of hydrogen-bond donors (Lipinski definition) is 2. The summed E-state index contributed by atoms with van der Waals surface area (Å²) < 4.78 is 41.0. The first-order valence-electron chi connectivity index (χ1n) is 14.8. The number of hydrogen-bond acceptors (Lipinski definition) is 5. The van der Waals surface area contributed by atoms with Crippen molar-refractivity contribution in [3.8, 4) is 17.2 Å². The van der Waals surface area contributed by atoms with E-state index in [0.717, 1.165) is 52.4 Å². The lowest BCUT2D eigenvalue weighted by molar-refractivity contribution is -0.137. The molecule has 0 saturated carbocycles. The van der Waals surface area contributed by atoms with Gasteiger partial charge < -0.3 is 10.4 Å². The number of likely N-dealkylation sites (tertiary alicyclic amines) is 1. The Kier molecular flexibility index (Phi) is 9.56. The number of carbonyl (C=O) groups excluding carboxylic acids is 2. The van der Waals surface area contributed by atoms with Crippen LogP contribution in [-0.2, 0) is 6.18 Å². The van der Waals surface area contributed by atoms with Crippen LogP contribution in [0.5, 0.6) is 0 Å². The molecule has 1 saturated heterocycles. The summed E-state index contributed by atoms with van der Waals surface area (Å²) in [6.45, 7) is 3.48. The molecular formula is C34H34F3N5O3. The zero-order chi connectivity index (χ0) is 32.1. The predicted octanol–water partition coefficient (Wildman–Crippen LogP) is 6.47. The SMILES string of the molecule is CC1=C(c2ccccc2-c2ccc(C#N)cc2)CN(C(=O)NCCCN2CCCC2CO)C(=O)N1c1cccc(C(F)(F)F)c1. The predicted molar refractivity (Wildman–Crippen MR) is 165 cm³/mol. The second-order valence-corrected chi connectivity index (χ2v) is 11.2. The van der Waals surface area contributed by atoms with Gasteiger partial charge in [-0.05, 0) is 85.3 Å². The van der Waals surface area contributed by atoms with E-state index in [2.05, 4.69) is 16.3 Å². The average Bonchev–Trinajstić information content (AvgIpc) is 3.50. The third-order valence-corrected chi connectivity index (χ3v) is 8.37. The van der Waals surface area contributed by atoms with Crippen LogP contribution in [0.4, 0.5) is 28.4 Å². The molecule has 0 aromatic heterocycles. The van der Waals surface area contributed by atoms with Crippen LogP contribution in [0.2, 0.25) is 0 Å². The lowest BCUT2D eigenvalue weighted by atomic mass is 9.91. The third-order valence-electron chi connectivity index (χ3n) is 8.37. The normalized spacial score (nSPS) is 17.5. The molecule has 5 rings (SSSR count). The first-order chi connectivity index (χ1) is 21.6. The molecule has 1 fully saturated rings. The highest BCUT2D eigenvalue weighted by molar-refractivity contribution is 6.09.